The number of rotatable bonds is 12. The van der Waals surface area contributed by atoms with E-state index in [1.807, 2.05) is 0 Å². The number of hydrogen-bond donors (Lipinski definition) is 2. The van der Waals surface area contributed by atoms with Crippen molar-refractivity contribution in [2.45, 2.75) is 89.8 Å². The fourth-order valence-corrected chi connectivity index (χ4v) is 2.03. The lowest BCUT2D eigenvalue weighted by atomic mass is 10.0. The van der Waals surface area contributed by atoms with Gasteiger partial charge in [-0.15, -0.1) is 0 Å². The van der Waals surface area contributed by atoms with Crippen LogP contribution >= 0.6 is 0 Å². The van der Waals surface area contributed by atoms with Gasteiger partial charge < -0.3 is 10.2 Å². The molecule has 0 aromatic carbocycles. The summed E-state index contributed by atoms with van der Waals surface area (Å²) >= 11 is 0. The van der Waals surface area contributed by atoms with Crippen LogP contribution in [0.3, 0.4) is 0 Å². The highest BCUT2D eigenvalue weighted by Gasteiger charge is 2.09. The molecule has 2 nitrogen and oxygen atoms in total. The van der Waals surface area contributed by atoms with Crippen molar-refractivity contribution in [1.29, 1.82) is 0 Å². The summed E-state index contributed by atoms with van der Waals surface area (Å²) in [7, 11) is 0. The van der Waals surface area contributed by atoms with E-state index in [0.717, 1.165) is 6.42 Å². The van der Waals surface area contributed by atoms with Crippen LogP contribution in [0.5, 0.6) is 0 Å². The summed E-state index contributed by atoms with van der Waals surface area (Å²) in [5.41, 5.74) is 0. The lowest BCUT2D eigenvalue weighted by molar-refractivity contribution is 0.0398. The Bertz CT molecular complexity index is 146. The summed E-state index contributed by atoms with van der Waals surface area (Å²) in [6, 6.07) is 0. The molecule has 2 N–H and O–H groups in total. The fourth-order valence-electron chi connectivity index (χ4n) is 2.03. The molecule has 0 rings (SSSR count). The van der Waals surface area contributed by atoms with E-state index in [-0.39, 0.29) is 0 Å². The van der Waals surface area contributed by atoms with E-state index in [4.69, 9.17) is 5.11 Å². The van der Waals surface area contributed by atoms with Crippen LogP contribution in [0, 0.1) is 6.92 Å². The van der Waals surface area contributed by atoms with Crippen molar-refractivity contribution >= 4 is 0 Å². The van der Waals surface area contributed by atoms with Gasteiger partial charge in [0.1, 0.15) is 0 Å². The summed E-state index contributed by atoms with van der Waals surface area (Å²) in [5.74, 6) is 0. The first-order valence-corrected chi connectivity index (χ1v) is 7.37. The monoisotopic (exact) mass is 243 g/mol. The lowest BCUT2D eigenvalue weighted by Gasteiger charge is -2.12. The van der Waals surface area contributed by atoms with Crippen LogP contribution in [0.15, 0.2) is 0 Å². The van der Waals surface area contributed by atoms with E-state index in [1.54, 1.807) is 0 Å². The van der Waals surface area contributed by atoms with Crippen LogP contribution in [0.4, 0.5) is 0 Å². The van der Waals surface area contributed by atoms with Gasteiger partial charge in [0.05, 0.1) is 12.2 Å². The van der Waals surface area contributed by atoms with Gasteiger partial charge in [0.15, 0.2) is 0 Å². The Morgan fingerprint density at radius 2 is 1.18 bits per heavy atom. The Balaban J connectivity index is 3.03. The van der Waals surface area contributed by atoms with E-state index >= 15 is 0 Å². The molecule has 0 bridgehead atoms. The lowest BCUT2D eigenvalue weighted by Crippen LogP contribution is -2.22. The Morgan fingerprint density at radius 1 is 0.765 bits per heavy atom. The van der Waals surface area contributed by atoms with Crippen LogP contribution < -0.4 is 0 Å². The zero-order chi connectivity index (χ0) is 12.9. The second-order valence-corrected chi connectivity index (χ2v) is 5.11. The van der Waals surface area contributed by atoms with Gasteiger partial charge in [-0.1, -0.05) is 71.1 Å². The first-order valence-electron chi connectivity index (χ1n) is 7.37. The van der Waals surface area contributed by atoms with E-state index in [0.29, 0.717) is 6.42 Å². The van der Waals surface area contributed by atoms with Gasteiger partial charge in [-0.3, -0.25) is 0 Å². The molecule has 0 saturated carbocycles. The Labute approximate surface area is 107 Å². The predicted molar refractivity (Wildman–Crippen MR) is 73.8 cm³/mol. The van der Waals surface area contributed by atoms with Gasteiger partial charge in [0, 0.05) is 0 Å². The number of aliphatic hydroxyl groups is 2. The van der Waals surface area contributed by atoms with Gasteiger partial charge in [-0.25, -0.2) is 0 Å². The van der Waals surface area contributed by atoms with Gasteiger partial charge in [0.25, 0.3) is 0 Å². The van der Waals surface area contributed by atoms with Crippen LogP contribution in [0.2, 0.25) is 0 Å². The first kappa shape index (κ1) is 16.9. The first-order chi connectivity index (χ1) is 8.18. The van der Waals surface area contributed by atoms with Gasteiger partial charge in [-0.05, 0) is 13.3 Å². The maximum atomic E-state index is 9.34. The predicted octanol–water partition coefficient (Wildman–Crippen LogP) is 3.85. The normalized spacial score (nSPS) is 14.8. The molecule has 2 heteroatoms. The molecular weight excluding hydrogens is 212 g/mol. The second-order valence-electron chi connectivity index (χ2n) is 5.11. The number of hydrogen-bond acceptors (Lipinski definition) is 2. The van der Waals surface area contributed by atoms with Crippen molar-refractivity contribution in [3.8, 4) is 0 Å². The Hall–Kier alpha value is -0.0800. The third-order valence-electron chi connectivity index (χ3n) is 3.30. The molecule has 0 aromatic heterocycles. The average Bonchev–Trinajstić information content (AvgIpc) is 2.31. The third-order valence-corrected chi connectivity index (χ3v) is 3.30. The molecule has 0 amide bonds. The standard InChI is InChI=1S/C15H31O2/c1-3-4-5-6-7-8-9-10-11-12-13-15(17)14(2)16/h14-17H,2-13H2,1H3. The van der Waals surface area contributed by atoms with Crippen LogP contribution in [-0.4, -0.2) is 22.4 Å². The molecule has 0 heterocycles. The zero-order valence-electron chi connectivity index (χ0n) is 11.5. The van der Waals surface area contributed by atoms with Crippen molar-refractivity contribution in [3.05, 3.63) is 6.92 Å². The number of aliphatic hydroxyl groups excluding tert-OH is 2. The molecule has 0 fully saturated rings. The molecule has 103 valence electrons. The molecule has 0 saturated heterocycles. The minimum Gasteiger partial charge on any atom is -0.390 e. The molecule has 0 spiro atoms. The smallest absolute Gasteiger partial charge is 0.0800 e. The van der Waals surface area contributed by atoms with Gasteiger partial charge in [0.2, 0.25) is 0 Å². The van der Waals surface area contributed by atoms with Crippen molar-refractivity contribution in [1.82, 2.24) is 0 Å². The molecule has 0 aliphatic carbocycles. The van der Waals surface area contributed by atoms with Crippen molar-refractivity contribution in [2.75, 3.05) is 0 Å². The largest absolute Gasteiger partial charge is 0.390 e. The van der Waals surface area contributed by atoms with Crippen LogP contribution in [0.1, 0.15) is 77.6 Å². The van der Waals surface area contributed by atoms with Gasteiger partial charge >= 0.3 is 0 Å². The Morgan fingerprint density at radius 3 is 1.59 bits per heavy atom. The van der Waals surface area contributed by atoms with E-state index in [1.165, 1.54) is 57.8 Å². The SMILES string of the molecule is [CH2]C(O)C(O)CCCCCCCCCCCC. The van der Waals surface area contributed by atoms with Crippen molar-refractivity contribution < 1.29 is 10.2 Å². The molecular formula is C15H31O2. The number of unbranched alkanes of at least 4 members (excludes halogenated alkanes) is 9. The van der Waals surface area contributed by atoms with E-state index < -0.39 is 12.2 Å². The Kier molecular flexibility index (Phi) is 12.3. The quantitative estimate of drug-likeness (QED) is 0.511. The highest BCUT2D eigenvalue weighted by atomic mass is 16.3. The summed E-state index contributed by atoms with van der Waals surface area (Å²) in [6.07, 6.45) is 12.2. The fraction of sp³-hybridized carbons (Fsp3) is 0.933. The minimum absolute atomic E-state index is 0.635. The topological polar surface area (TPSA) is 40.5 Å². The molecule has 1 radical (unpaired) electrons. The van der Waals surface area contributed by atoms with Crippen molar-refractivity contribution in [3.63, 3.8) is 0 Å². The molecule has 0 aliphatic heterocycles. The zero-order valence-corrected chi connectivity index (χ0v) is 11.5. The minimum atomic E-state index is -0.825. The summed E-state index contributed by atoms with van der Waals surface area (Å²) in [5, 5.41) is 18.3. The molecule has 17 heavy (non-hydrogen) atoms. The molecule has 0 aliphatic rings. The molecule has 2 atom stereocenters. The highest BCUT2D eigenvalue weighted by Crippen LogP contribution is 2.12. The molecule has 2 unspecified atom stereocenters. The van der Waals surface area contributed by atoms with E-state index in [9.17, 15) is 5.11 Å². The maximum absolute atomic E-state index is 9.34. The van der Waals surface area contributed by atoms with E-state index in [2.05, 4.69) is 13.8 Å². The maximum Gasteiger partial charge on any atom is 0.0800 e. The molecule has 0 aromatic rings. The highest BCUT2D eigenvalue weighted by molar-refractivity contribution is 4.68. The second kappa shape index (κ2) is 12.4. The van der Waals surface area contributed by atoms with Gasteiger partial charge in [-0.2, -0.15) is 0 Å². The average molecular weight is 243 g/mol. The van der Waals surface area contributed by atoms with Crippen LogP contribution in [-0.2, 0) is 0 Å². The van der Waals surface area contributed by atoms with Crippen molar-refractivity contribution in [2.24, 2.45) is 0 Å². The summed E-state index contributed by atoms with van der Waals surface area (Å²) in [4.78, 5) is 0. The van der Waals surface area contributed by atoms with Crippen LogP contribution in [0.25, 0.3) is 0 Å². The third kappa shape index (κ3) is 12.2. The summed E-state index contributed by atoms with van der Waals surface area (Å²) < 4.78 is 0. The summed E-state index contributed by atoms with van der Waals surface area (Å²) in [6.45, 7) is 5.65.